The van der Waals surface area contributed by atoms with E-state index in [2.05, 4.69) is 5.32 Å². The lowest BCUT2D eigenvalue weighted by Crippen LogP contribution is -2.42. The Labute approximate surface area is 142 Å². The van der Waals surface area contributed by atoms with E-state index in [9.17, 15) is 13.2 Å². The molecular formula is C17H21N3O3S. The summed E-state index contributed by atoms with van der Waals surface area (Å²) in [6, 6.07) is 8.54. The second kappa shape index (κ2) is 6.91. The van der Waals surface area contributed by atoms with Gasteiger partial charge in [-0.05, 0) is 55.9 Å². The van der Waals surface area contributed by atoms with Crippen LogP contribution in [0.5, 0.6) is 0 Å². The van der Waals surface area contributed by atoms with Crippen LogP contribution in [0.1, 0.15) is 41.6 Å². The molecular weight excluding hydrogens is 326 g/mol. The standard InChI is InChI=1S/C17H21N3O3S/c18-11-13-1-3-15(4-2-13)17(21)19-12-14-7-9-20(10-8-14)24(22,23)16-5-6-16/h1-4,14,16H,5-10,12H2,(H,19,21). The first-order valence-electron chi connectivity index (χ1n) is 8.28. The molecule has 0 unspecified atom stereocenters. The van der Waals surface area contributed by atoms with Crippen molar-refractivity contribution in [1.29, 1.82) is 5.26 Å². The van der Waals surface area contributed by atoms with Crippen molar-refractivity contribution >= 4 is 15.9 Å². The van der Waals surface area contributed by atoms with E-state index in [-0.39, 0.29) is 11.2 Å². The van der Waals surface area contributed by atoms with Crippen molar-refractivity contribution in [2.75, 3.05) is 19.6 Å². The van der Waals surface area contributed by atoms with E-state index < -0.39 is 10.0 Å². The molecule has 128 valence electrons. The van der Waals surface area contributed by atoms with Gasteiger partial charge in [0.1, 0.15) is 0 Å². The zero-order chi connectivity index (χ0) is 17.2. The van der Waals surface area contributed by atoms with E-state index in [4.69, 9.17) is 5.26 Å². The first-order chi connectivity index (χ1) is 11.5. The highest BCUT2D eigenvalue weighted by Crippen LogP contribution is 2.33. The molecule has 0 bridgehead atoms. The topological polar surface area (TPSA) is 90.3 Å². The second-order valence-corrected chi connectivity index (χ2v) is 8.70. The number of hydrogen-bond acceptors (Lipinski definition) is 4. The average Bonchev–Trinajstić information content (AvgIpc) is 3.46. The molecule has 1 aromatic carbocycles. The maximum atomic E-state index is 12.2. The van der Waals surface area contributed by atoms with Gasteiger partial charge in [0.05, 0.1) is 16.9 Å². The van der Waals surface area contributed by atoms with Crippen LogP contribution in [0.3, 0.4) is 0 Å². The average molecular weight is 347 g/mol. The van der Waals surface area contributed by atoms with Gasteiger partial charge < -0.3 is 5.32 Å². The van der Waals surface area contributed by atoms with Crippen LogP contribution in [0.4, 0.5) is 0 Å². The van der Waals surface area contributed by atoms with Gasteiger partial charge in [-0.1, -0.05) is 0 Å². The quantitative estimate of drug-likeness (QED) is 0.874. The molecule has 1 amide bonds. The van der Waals surface area contributed by atoms with Gasteiger partial charge in [-0.15, -0.1) is 0 Å². The van der Waals surface area contributed by atoms with Crippen LogP contribution < -0.4 is 5.32 Å². The lowest BCUT2D eigenvalue weighted by Gasteiger charge is -2.31. The highest BCUT2D eigenvalue weighted by atomic mass is 32.2. The highest BCUT2D eigenvalue weighted by Gasteiger charge is 2.41. The van der Waals surface area contributed by atoms with Crippen molar-refractivity contribution in [2.45, 2.75) is 30.9 Å². The molecule has 1 heterocycles. The maximum Gasteiger partial charge on any atom is 0.251 e. The zero-order valence-electron chi connectivity index (χ0n) is 13.4. The Balaban J connectivity index is 1.46. The van der Waals surface area contributed by atoms with Gasteiger partial charge in [0, 0.05) is 25.2 Å². The van der Waals surface area contributed by atoms with Crippen molar-refractivity contribution in [2.24, 2.45) is 5.92 Å². The molecule has 1 aliphatic carbocycles. The number of benzene rings is 1. The van der Waals surface area contributed by atoms with Crippen molar-refractivity contribution in [3.63, 3.8) is 0 Å². The molecule has 1 aliphatic heterocycles. The van der Waals surface area contributed by atoms with Crippen molar-refractivity contribution in [1.82, 2.24) is 9.62 Å². The van der Waals surface area contributed by atoms with Gasteiger partial charge in [-0.2, -0.15) is 5.26 Å². The predicted molar refractivity (Wildman–Crippen MR) is 89.7 cm³/mol. The summed E-state index contributed by atoms with van der Waals surface area (Å²) in [6.07, 6.45) is 3.14. The van der Waals surface area contributed by atoms with Crippen LogP contribution in [0, 0.1) is 17.2 Å². The Morgan fingerprint density at radius 1 is 1.17 bits per heavy atom. The largest absolute Gasteiger partial charge is 0.352 e. The van der Waals surface area contributed by atoms with E-state index in [1.54, 1.807) is 28.6 Å². The lowest BCUT2D eigenvalue weighted by atomic mass is 9.98. The van der Waals surface area contributed by atoms with Gasteiger partial charge in [0.25, 0.3) is 5.91 Å². The SMILES string of the molecule is N#Cc1ccc(C(=O)NCC2CCN(S(=O)(=O)C3CC3)CC2)cc1. The molecule has 2 fully saturated rings. The second-order valence-electron chi connectivity index (χ2n) is 6.49. The number of carbonyl (C=O) groups excluding carboxylic acids is 1. The van der Waals surface area contributed by atoms with Gasteiger partial charge >= 0.3 is 0 Å². The number of nitrogens with zero attached hydrogens (tertiary/aromatic N) is 2. The Morgan fingerprint density at radius 2 is 1.79 bits per heavy atom. The number of piperidine rings is 1. The summed E-state index contributed by atoms with van der Waals surface area (Å²) in [6.45, 7) is 1.66. The summed E-state index contributed by atoms with van der Waals surface area (Å²) in [4.78, 5) is 12.1. The molecule has 2 aliphatic rings. The number of amides is 1. The van der Waals surface area contributed by atoms with Crippen LogP contribution >= 0.6 is 0 Å². The van der Waals surface area contributed by atoms with Crippen molar-refractivity contribution < 1.29 is 13.2 Å². The Kier molecular flexibility index (Phi) is 4.88. The fraction of sp³-hybridized carbons (Fsp3) is 0.529. The first-order valence-corrected chi connectivity index (χ1v) is 9.78. The summed E-state index contributed by atoms with van der Waals surface area (Å²) in [5.41, 5.74) is 1.05. The van der Waals surface area contributed by atoms with Crippen LogP contribution in [0.25, 0.3) is 0 Å². The lowest BCUT2D eigenvalue weighted by molar-refractivity contribution is 0.0941. The van der Waals surface area contributed by atoms with Crippen LogP contribution in [0.15, 0.2) is 24.3 Å². The summed E-state index contributed by atoms with van der Waals surface area (Å²) in [5, 5.41) is 11.5. The van der Waals surface area contributed by atoms with Gasteiger partial charge in [-0.3, -0.25) is 4.79 Å². The van der Waals surface area contributed by atoms with Gasteiger partial charge in [-0.25, -0.2) is 12.7 Å². The van der Waals surface area contributed by atoms with E-state index >= 15 is 0 Å². The predicted octanol–water partition coefficient (Wildman–Crippen LogP) is 1.49. The van der Waals surface area contributed by atoms with Crippen LogP contribution in [0.2, 0.25) is 0 Å². The number of sulfonamides is 1. The van der Waals surface area contributed by atoms with E-state index in [0.717, 1.165) is 25.7 Å². The number of nitrogens with one attached hydrogen (secondary N) is 1. The smallest absolute Gasteiger partial charge is 0.251 e. The Morgan fingerprint density at radius 3 is 2.33 bits per heavy atom. The maximum absolute atomic E-state index is 12.2. The monoisotopic (exact) mass is 347 g/mol. The van der Waals surface area contributed by atoms with E-state index in [1.165, 1.54) is 0 Å². The number of rotatable bonds is 5. The zero-order valence-corrected chi connectivity index (χ0v) is 14.3. The Hall–Kier alpha value is -1.91. The molecule has 1 saturated carbocycles. The van der Waals surface area contributed by atoms with Crippen LogP contribution in [-0.2, 0) is 10.0 Å². The minimum atomic E-state index is -3.07. The van der Waals surface area contributed by atoms with Gasteiger partial charge in [0.2, 0.25) is 10.0 Å². The van der Waals surface area contributed by atoms with E-state index in [1.807, 2.05) is 6.07 Å². The normalized spacial score (nSPS) is 19.6. The minimum absolute atomic E-state index is 0.148. The molecule has 1 saturated heterocycles. The van der Waals surface area contributed by atoms with Gasteiger partial charge in [0.15, 0.2) is 0 Å². The first kappa shape index (κ1) is 16.9. The summed E-state index contributed by atoms with van der Waals surface area (Å²) in [7, 11) is -3.07. The molecule has 24 heavy (non-hydrogen) atoms. The number of hydrogen-bond donors (Lipinski definition) is 1. The minimum Gasteiger partial charge on any atom is -0.352 e. The third-order valence-corrected chi connectivity index (χ3v) is 7.11. The number of carbonyl (C=O) groups is 1. The van der Waals surface area contributed by atoms with E-state index in [0.29, 0.717) is 36.7 Å². The van der Waals surface area contributed by atoms with Crippen molar-refractivity contribution in [3.05, 3.63) is 35.4 Å². The van der Waals surface area contributed by atoms with Crippen LogP contribution in [-0.4, -0.2) is 43.5 Å². The molecule has 0 aromatic heterocycles. The summed E-state index contributed by atoms with van der Waals surface area (Å²) < 4.78 is 26.0. The van der Waals surface area contributed by atoms with Crippen molar-refractivity contribution in [3.8, 4) is 6.07 Å². The molecule has 1 aromatic rings. The Bertz CT molecular complexity index is 740. The fourth-order valence-corrected chi connectivity index (χ4v) is 4.85. The molecule has 7 heteroatoms. The summed E-state index contributed by atoms with van der Waals surface area (Å²) in [5.74, 6) is 0.144. The fourth-order valence-electron chi connectivity index (χ4n) is 2.98. The molecule has 6 nitrogen and oxygen atoms in total. The third-order valence-electron chi connectivity index (χ3n) is 4.71. The molecule has 0 radical (unpaired) electrons. The highest BCUT2D eigenvalue weighted by molar-refractivity contribution is 7.90. The molecule has 3 rings (SSSR count). The summed E-state index contributed by atoms with van der Waals surface area (Å²) >= 11 is 0. The number of nitriles is 1. The molecule has 1 N–H and O–H groups in total. The molecule has 0 atom stereocenters. The molecule has 0 spiro atoms. The third kappa shape index (κ3) is 3.77.